The molecule has 3 nitrogen and oxygen atoms in total. The van der Waals surface area contributed by atoms with Crippen LogP contribution in [0.2, 0.25) is 0 Å². The first kappa shape index (κ1) is 10.4. The number of hydrogen-bond donors (Lipinski definition) is 2. The van der Waals surface area contributed by atoms with E-state index in [9.17, 15) is 0 Å². The second-order valence-electron chi connectivity index (χ2n) is 4.84. The maximum Gasteiger partial charge on any atom is 0.0180 e. The number of nitrogens with two attached hydrogens (primary N) is 1. The van der Waals surface area contributed by atoms with E-state index in [-0.39, 0.29) is 0 Å². The van der Waals surface area contributed by atoms with E-state index < -0.39 is 0 Å². The molecular weight excluding hydrogens is 174 g/mol. The van der Waals surface area contributed by atoms with Crippen LogP contribution in [0.4, 0.5) is 0 Å². The largest absolute Gasteiger partial charge is 0.326 e. The fourth-order valence-corrected chi connectivity index (χ4v) is 2.88. The van der Waals surface area contributed by atoms with Crippen LogP contribution in [-0.2, 0) is 0 Å². The van der Waals surface area contributed by atoms with E-state index in [2.05, 4.69) is 17.3 Å². The summed E-state index contributed by atoms with van der Waals surface area (Å²) < 4.78 is 0. The van der Waals surface area contributed by atoms with E-state index in [1.807, 2.05) is 0 Å². The van der Waals surface area contributed by atoms with Gasteiger partial charge in [0.15, 0.2) is 0 Å². The third-order valence-corrected chi connectivity index (χ3v) is 3.88. The summed E-state index contributed by atoms with van der Waals surface area (Å²) in [5, 5.41) is 3.38. The number of likely N-dealkylation sites (tertiary alicyclic amines) is 1. The van der Waals surface area contributed by atoms with Gasteiger partial charge >= 0.3 is 0 Å². The number of nitrogens with zero attached hydrogens (tertiary/aromatic N) is 1. The molecule has 14 heavy (non-hydrogen) atoms. The molecule has 0 amide bonds. The van der Waals surface area contributed by atoms with Crippen molar-refractivity contribution in [3.05, 3.63) is 0 Å². The zero-order chi connectivity index (χ0) is 9.97. The predicted molar refractivity (Wildman–Crippen MR) is 59.3 cm³/mol. The van der Waals surface area contributed by atoms with E-state index in [1.165, 1.54) is 38.6 Å². The molecule has 3 heteroatoms. The molecule has 1 saturated carbocycles. The summed E-state index contributed by atoms with van der Waals surface area (Å²) in [4.78, 5) is 2.61. The highest BCUT2D eigenvalue weighted by molar-refractivity contribution is 4.87. The topological polar surface area (TPSA) is 41.3 Å². The van der Waals surface area contributed by atoms with Crippen LogP contribution in [0.15, 0.2) is 0 Å². The van der Waals surface area contributed by atoms with Gasteiger partial charge < -0.3 is 11.1 Å². The monoisotopic (exact) mass is 197 g/mol. The second-order valence-corrected chi connectivity index (χ2v) is 4.84. The van der Waals surface area contributed by atoms with Gasteiger partial charge in [0.1, 0.15) is 0 Å². The van der Waals surface area contributed by atoms with Gasteiger partial charge in [0, 0.05) is 31.2 Å². The van der Waals surface area contributed by atoms with E-state index in [0.29, 0.717) is 6.04 Å². The Morgan fingerprint density at radius 2 is 1.86 bits per heavy atom. The molecule has 82 valence electrons. The third-order valence-electron chi connectivity index (χ3n) is 3.88. The Balaban J connectivity index is 1.78. The minimum absolute atomic E-state index is 0.442. The molecule has 0 aromatic carbocycles. The molecule has 2 aliphatic rings. The van der Waals surface area contributed by atoms with Crippen molar-refractivity contribution in [2.24, 2.45) is 5.73 Å². The highest BCUT2D eigenvalue weighted by Crippen LogP contribution is 2.25. The molecule has 0 aromatic heterocycles. The Bertz CT molecular complexity index is 175. The molecule has 1 aliphatic carbocycles. The smallest absolute Gasteiger partial charge is 0.0180 e. The molecule has 0 aromatic rings. The lowest BCUT2D eigenvalue weighted by Gasteiger charge is -2.34. The van der Waals surface area contributed by atoms with Crippen molar-refractivity contribution >= 4 is 0 Å². The first-order valence-electron chi connectivity index (χ1n) is 5.96. The Morgan fingerprint density at radius 3 is 2.36 bits per heavy atom. The average Bonchev–Trinajstić information content (AvgIpc) is 2.65. The molecule has 1 aliphatic heterocycles. The van der Waals surface area contributed by atoms with Crippen LogP contribution < -0.4 is 11.1 Å². The van der Waals surface area contributed by atoms with Crippen LogP contribution in [0, 0.1) is 0 Å². The summed E-state index contributed by atoms with van der Waals surface area (Å²) in [6, 6.07) is 2.03. The van der Waals surface area contributed by atoms with E-state index in [1.54, 1.807) is 0 Å². The molecular formula is C11H23N3. The maximum absolute atomic E-state index is 5.93. The average molecular weight is 197 g/mol. The highest BCUT2D eigenvalue weighted by Gasteiger charge is 2.29. The summed E-state index contributed by atoms with van der Waals surface area (Å²) in [6.45, 7) is 2.37. The fourth-order valence-electron chi connectivity index (χ4n) is 2.88. The lowest BCUT2D eigenvalue weighted by Crippen LogP contribution is -2.41. The highest BCUT2D eigenvalue weighted by atomic mass is 15.2. The molecule has 2 rings (SSSR count). The third kappa shape index (κ3) is 2.27. The van der Waals surface area contributed by atoms with Crippen LogP contribution in [-0.4, -0.2) is 43.2 Å². The summed E-state index contributed by atoms with van der Waals surface area (Å²) in [7, 11) is 2.08. The quantitative estimate of drug-likeness (QED) is 0.679. The van der Waals surface area contributed by atoms with Gasteiger partial charge in [0.05, 0.1) is 0 Å². The molecule has 0 radical (unpaired) electrons. The molecule has 0 unspecified atom stereocenters. The first-order valence-corrected chi connectivity index (χ1v) is 5.96. The van der Waals surface area contributed by atoms with Gasteiger partial charge in [-0.2, -0.15) is 0 Å². The van der Waals surface area contributed by atoms with Gasteiger partial charge in [0.2, 0.25) is 0 Å². The van der Waals surface area contributed by atoms with Gasteiger partial charge in [-0.3, -0.25) is 4.90 Å². The molecule has 2 fully saturated rings. The Morgan fingerprint density at radius 1 is 1.14 bits per heavy atom. The van der Waals surface area contributed by atoms with Crippen molar-refractivity contribution in [3.8, 4) is 0 Å². The Hall–Kier alpha value is -0.120. The summed E-state index contributed by atoms with van der Waals surface area (Å²) in [6.07, 6.45) is 6.60. The Labute approximate surface area is 87.0 Å². The summed E-state index contributed by atoms with van der Waals surface area (Å²) in [5.41, 5.74) is 5.93. The molecule has 1 heterocycles. The molecule has 0 bridgehead atoms. The van der Waals surface area contributed by atoms with Crippen molar-refractivity contribution < 1.29 is 0 Å². The molecule has 1 saturated heterocycles. The zero-order valence-electron chi connectivity index (χ0n) is 9.21. The maximum atomic E-state index is 5.93. The SMILES string of the molecule is CNC1CCC(N2CC[C@H](N)C2)CC1. The predicted octanol–water partition coefficient (Wildman–Crippen LogP) is 0.550. The minimum Gasteiger partial charge on any atom is -0.326 e. The van der Waals surface area contributed by atoms with E-state index in [0.717, 1.165) is 18.6 Å². The normalized spacial score (nSPS) is 40.3. The van der Waals surface area contributed by atoms with Crippen LogP contribution >= 0.6 is 0 Å². The fraction of sp³-hybridized carbons (Fsp3) is 1.00. The summed E-state index contributed by atoms with van der Waals surface area (Å²) in [5.74, 6) is 0. The van der Waals surface area contributed by atoms with Gasteiger partial charge in [0.25, 0.3) is 0 Å². The number of hydrogen-bond acceptors (Lipinski definition) is 3. The number of rotatable bonds is 2. The van der Waals surface area contributed by atoms with Crippen molar-refractivity contribution in [1.29, 1.82) is 0 Å². The van der Waals surface area contributed by atoms with Crippen molar-refractivity contribution in [3.63, 3.8) is 0 Å². The van der Waals surface area contributed by atoms with Crippen molar-refractivity contribution in [2.75, 3.05) is 20.1 Å². The van der Waals surface area contributed by atoms with Crippen LogP contribution in [0.5, 0.6) is 0 Å². The lowest BCUT2D eigenvalue weighted by atomic mass is 9.90. The van der Waals surface area contributed by atoms with Gasteiger partial charge in [-0.15, -0.1) is 0 Å². The molecule has 1 atom stereocenters. The summed E-state index contributed by atoms with van der Waals surface area (Å²) >= 11 is 0. The van der Waals surface area contributed by atoms with Crippen molar-refractivity contribution in [2.45, 2.75) is 50.2 Å². The van der Waals surface area contributed by atoms with Gasteiger partial charge in [-0.25, -0.2) is 0 Å². The number of nitrogens with one attached hydrogen (secondary N) is 1. The van der Waals surface area contributed by atoms with Crippen LogP contribution in [0.25, 0.3) is 0 Å². The van der Waals surface area contributed by atoms with Gasteiger partial charge in [-0.05, 0) is 39.2 Å². The van der Waals surface area contributed by atoms with Crippen LogP contribution in [0.1, 0.15) is 32.1 Å². The first-order chi connectivity index (χ1) is 6.79. The molecule has 0 spiro atoms. The minimum atomic E-state index is 0.442. The Kier molecular flexibility index (Phi) is 3.42. The zero-order valence-corrected chi connectivity index (χ0v) is 9.21. The standard InChI is InChI=1S/C11H23N3/c1-13-10-2-4-11(5-3-10)14-7-6-9(12)8-14/h9-11,13H,2-8,12H2,1H3/t9-,10?,11?/m0/s1. The van der Waals surface area contributed by atoms with E-state index >= 15 is 0 Å². The second kappa shape index (κ2) is 4.60. The lowest BCUT2D eigenvalue weighted by molar-refractivity contribution is 0.174. The molecule has 3 N–H and O–H groups in total. The van der Waals surface area contributed by atoms with E-state index in [4.69, 9.17) is 5.73 Å². The van der Waals surface area contributed by atoms with Gasteiger partial charge in [-0.1, -0.05) is 0 Å². The van der Waals surface area contributed by atoms with Crippen LogP contribution in [0.3, 0.4) is 0 Å². The van der Waals surface area contributed by atoms with Crippen molar-refractivity contribution in [1.82, 2.24) is 10.2 Å².